The molecule has 1 heterocycles. The minimum atomic E-state index is 0. The third kappa shape index (κ3) is 3.07. The van der Waals surface area contributed by atoms with Gasteiger partial charge in [0.25, 0.3) is 0 Å². The van der Waals surface area contributed by atoms with E-state index in [1.54, 1.807) is 12.1 Å². The van der Waals surface area contributed by atoms with E-state index >= 15 is 0 Å². The van der Waals surface area contributed by atoms with Crippen LogP contribution in [0, 0.1) is 6.92 Å². The Morgan fingerprint density at radius 2 is 2.10 bits per heavy atom. The van der Waals surface area contributed by atoms with Gasteiger partial charge < -0.3 is 5.43 Å². The molecule has 1 aromatic rings. The van der Waals surface area contributed by atoms with Crippen LogP contribution in [-0.2, 0) is 0 Å². The zero-order valence-corrected chi connectivity index (χ0v) is 10.7. The summed E-state index contributed by atoms with van der Waals surface area (Å²) in [5, 5.41) is 7.29. The summed E-state index contributed by atoms with van der Waals surface area (Å²) >= 11 is 0. The van der Waals surface area contributed by atoms with E-state index in [9.17, 15) is 0 Å². The monoisotopic (exact) mass is 208 g/mol. The van der Waals surface area contributed by atoms with E-state index in [1.807, 2.05) is 0 Å². The summed E-state index contributed by atoms with van der Waals surface area (Å²) in [7, 11) is 0. The largest absolute Gasteiger partial charge is 1.00 e. The summed E-state index contributed by atoms with van der Waals surface area (Å²) in [5.74, 6) is 5.57. The standard InChI is InChI=1S/C5H7N4.Rb/c1-4-2-3-5(7-6)9-8-4;/h2-3H,1,6H2,(H,7,9);/q-1;+1. The van der Waals surface area contributed by atoms with Crippen molar-refractivity contribution < 1.29 is 58.2 Å². The third-order valence-corrected chi connectivity index (χ3v) is 0.868. The van der Waals surface area contributed by atoms with Crippen molar-refractivity contribution >= 4 is 5.82 Å². The molecule has 0 aliphatic carbocycles. The summed E-state index contributed by atoms with van der Waals surface area (Å²) in [6.07, 6.45) is 0. The third-order valence-electron chi connectivity index (χ3n) is 0.868. The summed E-state index contributed by atoms with van der Waals surface area (Å²) in [6.45, 7) is 3.55. The average Bonchev–Trinajstić information content (AvgIpc) is 1.90. The Morgan fingerprint density at radius 1 is 1.40 bits per heavy atom. The van der Waals surface area contributed by atoms with Gasteiger partial charge in [0.15, 0.2) is 0 Å². The quantitative estimate of drug-likeness (QED) is 0.293. The van der Waals surface area contributed by atoms with Gasteiger partial charge in [0, 0.05) is 0 Å². The summed E-state index contributed by atoms with van der Waals surface area (Å²) < 4.78 is 0. The fraction of sp³-hybridized carbons (Fsp3) is 0. The second kappa shape index (κ2) is 5.20. The Bertz CT molecular complexity index is 185. The molecule has 0 bridgehead atoms. The SMILES string of the molecule is [CH2-]c1ccc(NN)nn1.[Rb+]. The predicted octanol–water partition coefficient (Wildman–Crippen LogP) is -3.05. The number of anilines is 1. The number of nitrogens with zero attached hydrogens (tertiary/aromatic N) is 2. The van der Waals surface area contributed by atoms with Gasteiger partial charge in [0.05, 0.1) is 0 Å². The second-order valence-corrected chi connectivity index (χ2v) is 1.55. The Kier molecular flexibility index (Phi) is 5.47. The van der Waals surface area contributed by atoms with Crippen molar-refractivity contribution in [1.82, 2.24) is 10.2 Å². The second-order valence-electron chi connectivity index (χ2n) is 1.55. The van der Waals surface area contributed by atoms with Gasteiger partial charge in [-0.3, -0.25) is 0 Å². The molecule has 0 atom stereocenters. The Balaban J connectivity index is 0.000000810. The number of hydrazine groups is 1. The van der Waals surface area contributed by atoms with Crippen LogP contribution in [0.4, 0.5) is 5.82 Å². The van der Waals surface area contributed by atoms with Gasteiger partial charge in [-0.05, 0) is 0 Å². The molecule has 0 spiro atoms. The van der Waals surface area contributed by atoms with Crippen molar-refractivity contribution in [1.29, 1.82) is 0 Å². The Hall–Kier alpha value is 0.515. The van der Waals surface area contributed by atoms with Crippen LogP contribution in [0.3, 0.4) is 0 Å². The molecule has 48 valence electrons. The zero-order valence-electron chi connectivity index (χ0n) is 5.83. The van der Waals surface area contributed by atoms with Gasteiger partial charge in [-0.2, -0.15) is 11.2 Å². The first-order valence-corrected chi connectivity index (χ1v) is 2.45. The van der Waals surface area contributed by atoms with Gasteiger partial charge in [0.2, 0.25) is 0 Å². The number of nitrogen functional groups attached to an aromatic ring is 1. The number of aromatic nitrogens is 2. The molecule has 5 heteroatoms. The molecule has 0 saturated carbocycles. The maximum atomic E-state index is 5.03. The molecule has 0 unspecified atom stereocenters. The Morgan fingerprint density at radius 3 is 2.50 bits per heavy atom. The molecule has 0 fully saturated rings. The maximum Gasteiger partial charge on any atom is 1.00 e. The first-order chi connectivity index (χ1) is 4.33. The van der Waals surface area contributed by atoms with Gasteiger partial charge in [-0.15, -0.1) is 5.10 Å². The molecule has 3 N–H and O–H groups in total. The van der Waals surface area contributed by atoms with Gasteiger partial charge >= 0.3 is 58.2 Å². The summed E-state index contributed by atoms with van der Waals surface area (Å²) in [6, 6.07) is 3.43. The van der Waals surface area contributed by atoms with Crippen LogP contribution in [0.5, 0.6) is 0 Å². The molecule has 0 aliphatic rings. The first kappa shape index (κ1) is 10.5. The zero-order chi connectivity index (χ0) is 6.69. The van der Waals surface area contributed by atoms with Crippen molar-refractivity contribution in [2.45, 2.75) is 0 Å². The van der Waals surface area contributed by atoms with Crippen molar-refractivity contribution in [2.24, 2.45) is 5.84 Å². The van der Waals surface area contributed by atoms with E-state index in [1.165, 1.54) is 0 Å². The minimum absolute atomic E-state index is 0. The van der Waals surface area contributed by atoms with E-state index in [0.717, 1.165) is 0 Å². The molecular weight excluding hydrogens is 202 g/mol. The molecule has 0 saturated heterocycles. The van der Waals surface area contributed by atoms with Crippen molar-refractivity contribution in [2.75, 3.05) is 5.43 Å². The van der Waals surface area contributed by atoms with Crippen molar-refractivity contribution in [3.63, 3.8) is 0 Å². The van der Waals surface area contributed by atoms with Crippen LogP contribution in [0.2, 0.25) is 0 Å². The smallest absolute Gasteiger partial charge is 0.308 e. The van der Waals surface area contributed by atoms with Crippen molar-refractivity contribution in [3.05, 3.63) is 24.8 Å². The fourth-order valence-corrected chi connectivity index (χ4v) is 0.437. The van der Waals surface area contributed by atoms with Gasteiger partial charge in [-0.1, -0.05) is 11.8 Å². The van der Waals surface area contributed by atoms with Crippen LogP contribution >= 0.6 is 0 Å². The maximum absolute atomic E-state index is 5.03. The van der Waals surface area contributed by atoms with Crippen LogP contribution in [-0.4, -0.2) is 10.2 Å². The number of nitrogens with one attached hydrogen (secondary N) is 1. The fourth-order valence-electron chi connectivity index (χ4n) is 0.437. The molecular formula is C5H7N4Rb. The Labute approximate surface area is 108 Å². The van der Waals surface area contributed by atoms with Crippen LogP contribution < -0.4 is 69.5 Å². The summed E-state index contributed by atoms with van der Waals surface area (Å²) in [5.41, 5.74) is 2.99. The van der Waals surface area contributed by atoms with E-state index in [-0.39, 0.29) is 58.2 Å². The first-order valence-electron chi connectivity index (χ1n) is 2.45. The number of rotatable bonds is 1. The number of hydrogen-bond acceptors (Lipinski definition) is 4. The van der Waals surface area contributed by atoms with E-state index in [4.69, 9.17) is 5.84 Å². The molecule has 10 heavy (non-hydrogen) atoms. The van der Waals surface area contributed by atoms with Crippen molar-refractivity contribution in [3.8, 4) is 0 Å². The minimum Gasteiger partial charge on any atom is -0.308 e. The molecule has 4 nitrogen and oxygen atoms in total. The number of hydrogen-bond donors (Lipinski definition) is 2. The normalized spacial score (nSPS) is 8.10. The number of nitrogens with two attached hydrogens (primary N) is 1. The molecule has 0 radical (unpaired) electrons. The van der Waals surface area contributed by atoms with E-state index in [2.05, 4.69) is 22.5 Å². The van der Waals surface area contributed by atoms with E-state index in [0.29, 0.717) is 11.5 Å². The van der Waals surface area contributed by atoms with Crippen LogP contribution in [0.1, 0.15) is 5.69 Å². The topological polar surface area (TPSA) is 63.8 Å². The molecule has 1 rings (SSSR count). The average molecular weight is 209 g/mol. The molecule has 1 aromatic heterocycles. The van der Waals surface area contributed by atoms with Crippen LogP contribution in [0.15, 0.2) is 12.1 Å². The predicted molar refractivity (Wildman–Crippen MR) is 34.3 cm³/mol. The van der Waals surface area contributed by atoms with Crippen LogP contribution in [0.25, 0.3) is 0 Å². The van der Waals surface area contributed by atoms with E-state index < -0.39 is 0 Å². The van der Waals surface area contributed by atoms with Gasteiger partial charge in [0.1, 0.15) is 5.82 Å². The molecule has 0 aliphatic heterocycles. The molecule has 0 amide bonds. The van der Waals surface area contributed by atoms with Gasteiger partial charge in [-0.25, -0.2) is 12.8 Å². The molecule has 0 aromatic carbocycles. The summed E-state index contributed by atoms with van der Waals surface area (Å²) in [4.78, 5) is 0.